The molecular weight excluding hydrogens is 246 g/mol. The molecule has 0 spiro atoms. The number of hydrogen-bond acceptors (Lipinski definition) is 6. The van der Waals surface area contributed by atoms with Gasteiger partial charge in [0.15, 0.2) is 0 Å². The molecule has 0 bridgehead atoms. The van der Waals surface area contributed by atoms with Crippen LogP contribution >= 0.6 is 11.6 Å². The van der Waals surface area contributed by atoms with Crippen LogP contribution in [0, 0.1) is 0 Å². The van der Waals surface area contributed by atoms with E-state index >= 15 is 0 Å². The predicted octanol–water partition coefficient (Wildman–Crippen LogP) is 1.73. The molecule has 0 saturated carbocycles. The maximum Gasteiger partial charge on any atom is 0.324 e. The van der Waals surface area contributed by atoms with Gasteiger partial charge in [-0.3, -0.25) is 0 Å². The van der Waals surface area contributed by atoms with Gasteiger partial charge in [0.05, 0.1) is 12.7 Å². The monoisotopic (exact) mass is 261 g/mol. The number of aromatic nitrogens is 3. The Bertz CT molecular complexity index is 350. The van der Waals surface area contributed by atoms with Crippen molar-refractivity contribution in [1.82, 2.24) is 15.0 Å². The maximum absolute atomic E-state index is 5.72. The van der Waals surface area contributed by atoms with Gasteiger partial charge in [0.2, 0.25) is 5.28 Å². The highest BCUT2D eigenvalue weighted by molar-refractivity contribution is 6.28. The van der Waals surface area contributed by atoms with Crippen LogP contribution in [-0.2, 0) is 4.74 Å². The fourth-order valence-corrected chi connectivity index (χ4v) is 1.12. The highest BCUT2D eigenvalue weighted by Gasteiger charge is 2.08. The summed E-state index contributed by atoms with van der Waals surface area (Å²) in [7, 11) is 0. The number of halogens is 1. The lowest BCUT2D eigenvalue weighted by atomic mass is 10.5. The summed E-state index contributed by atoms with van der Waals surface area (Å²) >= 11 is 5.72. The summed E-state index contributed by atoms with van der Waals surface area (Å²) in [6.45, 7) is 7.12. The minimum Gasteiger partial charge on any atom is -0.461 e. The average molecular weight is 262 g/mol. The molecule has 1 rings (SSSR count). The van der Waals surface area contributed by atoms with Crippen LogP contribution in [0.5, 0.6) is 12.0 Å². The Kier molecular flexibility index (Phi) is 5.93. The molecule has 7 heteroatoms. The minimum absolute atomic E-state index is 0.0373. The molecule has 1 heterocycles. The number of ether oxygens (including phenoxy) is 3. The number of rotatable bonds is 7. The van der Waals surface area contributed by atoms with Gasteiger partial charge in [-0.05, 0) is 32.4 Å². The third-order valence-corrected chi connectivity index (χ3v) is 1.74. The van der Waals surface area contributed by atoms with Gasteiger partial charge in [-0.1, -0.05) is 0 Å². The second kappa shape index (κ2) is 7.24. The lowest BCUT2D eigenvalue weighted by Crippen LogP contribution is -2.12. The SMILES string of the molecule is CCOCCOc1nc(Cl)nc(OC(C)C)n1. The molecule has 1 aromatic rings. The Morgan fingerprint density at radius 1 is 1.12 bits per heavy atom. The maximum atomic E-state index is 5.72. The zero-order valence-electron chi connectivity index (χ0n) is 10.1. The van der Waals surface area contributed by atoms with E-state index in [4.69, 9.17) is 25.8 Å². The smallest absolute Gasteiger partial charge is 0.324 e. The van der Waals surface area contributed by atoms with E-state index in [0.717, 1.165) is 0 Å². The van der Waals surface area contributed by atoms with Crippen LogP contribution < -0.4 is 9.47 Å². The summed E-state index contributed by atoms with van der Waals surface area (Å²) in [4.78, 5) is 11.6. The van der Waals surface area contributed by atoms with Crippen LogP contribution in [0.15, 0.2) is 0 Å². The zero-order chi connectivity index (χ0) is 12.7. The highest BCUT2D eigenvalue weighted by atomic mass is 35.5. The number of nitrogens with zero attached hydrogens (tertiary/aromatic N) is 3. The lowest BCUT2D eigenvalue weighted by Gasteiger charge is -2.09. The van der Waals surface area contributed by atoms with E-state index in [1.54, 1.807) is 0 Å². The molecule has 1 aromatic heterocycles. The van der Waals surface area contributed by atoms with E-state index in [-0.39, 0.29) is 23.4 Å². The molecule has 0 aromatic carbocycles. The fraction of sp³-hybridized carbons (Fsp3) is 0.700. The third-order valence-electron chi connectivity index (χ3n) is 1.57. The first-order valence-corrected chi connectivity index (χ1v) is 5.78. The first kappa shape index (κ1) is 13.9. The van der Waals surface area contributed by atoms with Gasteiger partial charge < -0.3 is 14.2 Å². The minimum atomic E-state index is -0.0373. The first-order chi connectivity index (χ1) is 8.11. The van der Waals surface area contributed by atoms with Crippen molar-refractivity contribution in [2.45, 2.75) is 26.9 Å². The Labute approximate surface area is 105 Å². The summed E-state index contributed by atoms with van der Waals surface area (Å²) in [5.74, 6) is 0. The third kappa shape index (κ3) is 5.65. The van der Waals surface area contributed by atoms with Crippen molar-refractivity contribution in [2.24, 2.45) is 0 Å². The van der Waals surface area contributed by atoms with Crippen molar-refractivity contribution in [3.63, 3.8) is 0 Å². The molecule has 6 nitrogen and oxygen atoms in total. The van der Waals surface area contributed by atoms with Crippen molar-refractivity contribution < 1.29 is 14.2 Å². The molecule has 96 valence electrons. The van der Waals surface area contributed by atoms with Gasteiger partial charge in [-0.25, -0.2) is 0 Å². The van der Waals surface area contributed by atoms with Crippen molar-refractivity contribution in [2.75, 3.05) is 19.8 Å². The first-order valence-electron chi connectivity index (χ1n) is 5.40. The molecule has 0 atom stereocenters. The van der Waals surface area contributed by atoms with Crippen LogP contribution in [-0.4, -0.2) is 40.9 Å². The van der Waals surface area contributed by atoms with Crippen LogP contribution in [0.1, 0.15) is 20.8 Å². The number of hydrogen-bond donors (Lipinski definition) is 0. The van der Waals surface area contributed by atoms with E-state index in [1.807, 2.05) is 20.8 Å². The second-order valence-electron chi connectivity index (χ2n) is 3.38. The Balaban J connectivity index is 2.56. The average Bonchev–Trinajstić information content (AvgIpc) is 2.22. The van der Waals surface area contributed by atoms with Crippen molar-refractivity contribution in [3.8, 4) is 12.0 Å². The van der Waals surface area contributed by atoms with Crippen LogP contribution in [0.3, 0.4) is 0 Å². The van der Waals surface area contributed by atoms with Crippen molar-refractivity contribution in [1.29, 1.82) is 0 Å². The summed E-state index contributed by atoms with van der Waals surface area (Å²) in [5, 5.41) is 0.0436. The molecule has 0 unspecified atom stereocenters. The van der Waals surface area contributed by atoms with Gasteiger partial charge >= 0.3 is 12.0 Å². The molecule has 0 saturated heterocycles. The largest absolute Gasteiger partial charge is 0.461 e. The van der Waals surface area contributed by atoms with Crippen molar-refractivity contribution in [3.05, 3.63) is 5.28 Å². The van der Waals surface area contributed by atoms with Gasteiger partial charge in [-0.2, -0.15) is 9.97 Å². The quantitative estimate of drug-likeness (QED) is 0.697. The van der Waals surface area contributed by atoms with Crippen LogP contribution in [0.2, 0.25) is 5.28 Å². The molecule has 0 radical (unpaired) electrons. The molecule has 0 aliphatic carbocycles. The Hall–Kier alpha value is -1.14. The molecule has 0 fully saturated rings. The van der Waals surface area contributed by atoms with E-state index in [1.165, 1.54) is 0 Å². The summed E-state index contributed by atoms with van der Waals surface area (Å²) in [5.41, 5.74) is 0. The highest BCUT2D eigenvalue weighted by Crippen LogP contribution is 2.13. The van der Waals surface area contributed by atoms with Gasteiger partial charge in [-0.15, -0.1) is 4.98 Å². The van der Waals surface area contributed by atoms with E-state index < -0.39 is 0 Å². The van der Waals surface area contributed by atoms with Crippen LogP contribution in [0.4, 0.5) is 0 Å². The van der Waals surface area contributed by atoms with Gasteiger partial charge in [0.25, 0.3) is 0 Å². The van der Waals surface area contributed by atoms with E-state index in [2.05, 4.69) is 15.0 Å². The lowest BCUT2D eigenvalue weighted by molar-refractivity contribution is 0.105. The molecule has 0 amide bonds. The normalized spacial score (nSPS) is 10.6. The predicted molar refractivity (Wildman–Crippen MR) is 62.6 cm³/mol. The van der Waals surface area contributed by atoms with Crippen LogP contribution in [0.25, 0.3) is 0 Å². The topological polar surface area (TPSA) is 66.4 Å². The van der Waals surface area contributed by atoms with Gasteiger partial charge in [0, 0.05) is 6.61 Å². The molecular formula is C10H16ClN3O3. The summed E-state index contributed by atoms with van der Waals surface area (Å²) in [6.07, 6.45) is -0.0373. The van der Waals surface area contributed by atoms with E-state index in [9.17, 15) is 0 Å². The fourth-order valence-electron chi connectivity index (χ4n) is 0.979. The van der Waals surface area contributed by atoms with Crippen molar-refractivity contribution >= 4 is 11.6 Å². The zero-order valence-corrected chi connectivity index (χ0v) is 10.9. The Morgan fingerprint density at radius 3 is 2.47 bits per heavy atom. The summed E-state index contributed by atoms with van der Waals surface area (Å²) in [6, 6.07) is 0.298. The molecule has 0 N–H and O–H groups in total. The van der Waals surface area contributed by atoms with Gasteiger partial charge in [0.1, 0.15) is 6.61 Å². The van der Waals surface area contributed by atoms with E-state index in [0.29, 0.717) is 19.8 Å². The molecule has 0 aliphatic rings. The molecule has 0 aliphatic heterocycles. The molecule has 17 heavy (non-hydrogen) atoms. The standard InChI is InChI=1S/C10H16ClN3O3/c1-4-15-5-6-16-9-12-8(11)13-10(14-9)17-7(2)3/h7H,4-6H2,1-3H3. The second-order valence-corrected chi connectivity index (χ2v) is 3.72. The Morgan fingerprint density at radius 2 is 1.82 bits per heavy atom. The summed E-state index contributed by atoms with van der Waals surface area (Å²) < 4.78 is 15.7.